The van der Waals surface area contributed by atoms with Crippen molar-refractivity contribution in [2.75, 3.05) is 6.54 Å². The molecule has 2 N–H and O–H groups in total. The van der Waals surface area contributed by atoms with Gasteiger partial charge in [0.25, 0.3) is 0 Å². The molecule has 0 aromatic carbocycles. The Morgan fingerprint density at radius 2 is 2.13 bits per heavy atom. The van der Waals surface area contributed by atoms with Gasteiger partial charge in [0.2, 0.25) is 5.91 Å². The number of nitrogens with one attached hydrogen (secondary N) is 2. The Kier molecular flexibility index (Phi) is 5.09. The lowest BCUT2D eigenvalue weighted by Gasteiger charge is -2.27. The van der Waals surface area contributed by atoms with E-state index in [1.54, 1.807) is 0 Å². The molecule has 2 unspecified atom stereocenters. The van der Waals surface area contributed by atoms with Gasteiger partial charge in [-0.1, -0.05) is 19.8 Å². The van der Waals surface area contributed by atoms with Crippen LogP contribution in [0.15, 0.2) is 0 Å². The molecule has 1 aliphatic rings. The van der Waals surface area contributed by atoms with Gasteiger partial charge in [-0.15, -0.1) is 0 Å². The van der Waals surface area contributed by atoms with Crippen molar-refractivity contribution >= 4 is 5.91 Å². The molecule has 1 fully saturated rings. The molecule has 1 rings (SSSR count). The minimum atomic E-state index is 0.114. The second kappa shape index (κ2) is 6.11. The molecule has 2 atom stereocenters. The summed E-state index contributed by atoms with van der Waals surface area (Å²) >= 11 is 0. The van der Waals surface area contributed by atoms with Crippen molar-refractivity contribution < 1.29 is 4.79 Å². The van der Waals surface area contributed by atoms with Crippen molar-refractivity contribution in [3.05, 3.63) is 0 Å². The molecule has 1 aliphatic carbocycles. The zero-order chi connectivity index (χ0) is 11.3. The molecule has 0 aliphatic heterocycles. The Morgan fingerprint density at radius 1 is 1.40 bits per heavy atom. The third-order valence-corrected chi connectivity index (χ3v) is 2.94. The third kappa shape index (κ3) is 5.17. The topological polar surface area (TPSA) is 41.1 Å². The average Bonchev–Trinajstić information content (AvgIpc) is 2.14. The van der Waals surface area contributed by atoms with Crippen molar-refractivity contribution in [2.45, 2.75) is 58.5 Å². The summed E-state index contributed by atoms with van der Waals surface area (Å²) in [5.41, 5.74) is 0. The van der Waals surface area contributed by atoms with E-state index in [4.69, 9.17) is 0 Å². The van der Waals surface area contributed by atoms with Crippen LogP contribution in [0, 0.1) is 5.92 Å². The Hall–Kier alpha value is -0.570. The summed E-state index contributed by atoms with van der Waals surface area (Å²) in [5, 5.41) is 6.24. The van der Waals surface area contributed by atoms with Gasteiger partial charge in [0.05, 0.1) is 6.54 Å². The molecule has 0 saturated heterocycles. The largest absolute Gasteiger partial charge is 0.353 e. The maximum atomic E-state index is 11.4. The monoisotopic (exact) mass is 212 g/mol. The van der Waals surface area contributed by atoms with Crippen LogP contribution in [0.3, 0.4) is 0 Å². The normalized spacial score (nSPS) is 26.7. The van der Waals surface area contributed by atoms with Gasteiger partial charge < -0.3 is 10.6 Å². The minimum absolute atomic E-state index is 0.114. The van der Waals surface area contributed by atoms with Crippen LogP contribution in [0.1, 0.15) is 46.5 Å². The van der Waals surface area contributed by atoms with E-state index in [2.05, 4.69) is 17.6 Å². The molecular formula is C12H24N2O. The van der Waals surface area contributed by atoms with E-state index in [1.165, 1.54) is 25.7 Å². The van der Waals surface area contributed by atoms with Gasteiger partial charge in [-0.25, -0.2) is 0 Å². The summed E-state index contributed by atoms with van der Waals surface area (Å²) in [7, 11) is 0. The molecule has 0 bridgehead atoms. The standard InChI is InChI=1S/C12H24N2O/c1-9(2)14-12(15)8-13-11-6-4-5-10(3)7-11/h9-11,13H,4-8H2,1-3H3,(H,14,15). The lowest BCUT2D eigenvalue weighted by atomic mass is 9.87. The van der Waals surface area contributed by atoms with Crippen molar-refractivity contribution in [3.8, 4) is 0 Å². The summed E-state index contributed by atoms with van der Waals surface area (Å²) in [6, 6.07) is 0.788. The molecule has 0 aromatic rings. The zero-order valence-electron chi connectivity index (χ0n) is 10.2. The minimum Gasteiger partial charge on any atom is -0.353 e. The molecule has 88 valence electrons. The Balaban J connectivity index is 2.16. The molecule has 0 spiro atoms. The molecule has 0 heterocycles. The third-order valence-electron chi connectivity index (χ3n) is 2.94. The SMILES string of the molecule is CC1CCCC(NCC(=O)NC(C)C)C1. The summed E-state index contributed by atoms with van der Waals surface area (Å²) in [6.07, 6.45) is 5.08. The lowest BCUT2D eigenvalue weighted by molar-refractivity contribution is -0.120. The first-order valence-corrected chi connectivity index (χ1v) is 6.10. The molecule has 15 heavy (non-hydrogen) atoms. The number of carbonyl (C=O) groups excluding carboxylic acids is 1. The smallest absolute Gasteiger partial charge is 0.234 e. The first-order valence-electron chi connectivity index (χ1n) is 6.10. The molecule has 1 amide bonds. The molecule has 0 aromatic heterocycles. The summed E-state index contributed by atoms with van der Waals surface area (Å²) < 4.78 is 0. The number of hydrogen-bond acceptors (Lipinski definition) is 2. The maximum Gasteiger partial charge on any atom is 0.234 e. The number of carbonyl (C=O) groups is 1. The Morgan fingerprint density at radius 3 is 2.73 bits per heavy atom. The van der Waals surface area contributed by atoms with Crippen LogP contribution in [0.4, 0.5) is 0 Å². The van der Waals surface area contributed by atoms with E-state index in [9.17, 15) is 4.79 Å². The van der Waals surface area contributed by atoms with Crippen LogP contribution in [0.2, 0.25) is 0 Å². The Bertz CT molecular complexity index is 204. The van der Waals surface area contributed by atoms with E-state index < -0.39 is 0 Å². The quantitative estimate of drug-likeness (QED) is 0.744. The highest BCUT2D eigenvalue weighted by Crippen LogP contribution is 2.23. The van der Waals surface area contributed by atoms with Gasteiger partial charge in [0.15, 0.2) is 0 Å². The van der Waals surface area contributed by atoms with Crippen molar-refractivity contribution in [2.24, 2.45) is 5.92 Å². The van der Waals surface area contributed by atoms with Crippen LogP contribution in [0.5, 0.6) is 0 Å². The van der Waals surface area contributed by atoms with Gasteiger partial charge in [0.1, 0.15) is 0 Å². The van der Waals surface area contributed by atoms with Gasteiger partial charge in [-0.2, -0.15) is 0 Å². The van der Waals surface area contributed by atoms with E-state index in [1.807, 2.05) is 13.8 Å². The first kappa shape index (κ1) is 12.5. The second-order valence-corrected chi connectivity index (χ2v) is 5.07. The van der Waals surface area contributed by atoms with E-state index in [-0.39, 0.29) is 11.9 Å². The van der Waals surface area contributed by atoms with Gasteiger partial charge >= 0.3 is 0 Å². The highest BCUT2D eigenvalue weighted by molar-refractivity contribution is 5.78. The number of rotatable bonds is 4. The van der Waals surface area contributed by atoms with Crippen LogP contribution < -0.4 is 10.6 Å². The highest BCUT2D eigenvalue weighted by Gasteiger charge is 2.18. The van der Waals surface area contributed by atoms with E-state index >= 15 is 0 Å². The van der Waals surface area contributed by atoms with E-state index in [0.29, 0.717) is 12.6 Å². The molecule has 3 nitrogen and oxygen atoms in total. The van der Waals surface area contributed by atoms with Crippen LogP contribution in [-0.4, -0.2) is 24.5 Å². The lowest BCUT2D eigenvalue weighted by Crippen LogP contribution is -2.42. The fourth-order valence-electron chi connectivity index (χ4n) is 2.23. The van der Waals surface area contributed by atoms with Crippen molar-refractivity contribution in [1.29, 1.82) is 0 Å². The fraction of sp³-hybridized carbons (Fsp3) is 0.917. The summed E-state index contributed by atoms with van der Waals surface area (Å²) in [5.74, 6) is 0.924. The van der Waals surface area contributed by atoms with Crippen molar-refractivity contribution in [1.82, 2.24) is 10.6 Å². The van der Waals surface area contributed by atoms with Gasteiger partial charge in [0, 0.05) is 12.1 Å². The number of amides is 1. The molecule has 0 radical (unpaired) electrons. The maximum absolute atomic E-state index is 11.4. The fourth-order valence-corrected chi connectivity index (χ4v) is 2.23. The molecular weight excluding hydrogens is 188 g/mol. The predicted octanol–water partition coefficient (Wildman–Crippen LogP) is 1.68. The highest BCUT2D eigenvalue weighted by atomic mass is 16.1. The van der Waals surface area contributed by atoms with Crippen molar-refractivity contribution in [3.63, 3.8) is 0 Å². The second-order valence-electron chi connectivity index (χ2n) is 5.07. The molecule has 1 saturated carbocycles. The van der Waals surface area contributed by atoms with Gasteiger partial charge in [-0.3, -0.25) is 4.79 Å². The van der Waals surface area contributed by atoms with Crippen LogP contribution in [0.25, 0.3) is 0 Å². The van der Waals surface area contributed by atoms with E-state index in [0.717, 1.165) is 5.92 Å². The Labute approximate surface area is 93.0 Å². The van der Waals surface area contributed by atoms with Crippen LogP contribution in [-0.2, 0) is 4.79 Å². The number of hydrogen-bond donors (Lipinski definition) is 2. The molecule has 3 heteroatoms. The zero-order valence-corrected chi connectivity index (χ0v) is 10.2. The summed E-state index contributed by atoms with van der Waals surface area (Å²) in [6.45, 7) is 6.73. The van der Waals surface area contributed by atoms with Crippen LogP contribution >= 0.6 is 0 Å². The van der Waals surface area contributed by atoms with Gasteiger partial charge in [-0.05, 0) is 32.6 Å². The predicted molar refractivity (Wildman–Crippen MR) is 62.7 cm³/mol. The first-order chi connectivity index (χ1) is 7.08. The summed E-state index contributed by atoms with van der Waals surface area (Å²) in [4.78, 5) is 11.4. The average molecular weight is 212 g/mol.